The van der Waals surface area contributed by atoms with Crippen LogP contribution in [-0.4, -0.2) is 41.8 Å². The molecule has 3 heteroatoms. The molecule has 21 heavy (non-hydrogen) atoms. The van der Waals surface area contributed by atoms with Gasteiger partial charge in [-0.2, -0.15) is 0 Å². The van der Waals surface area contributed by atoms with Crippen LogP contribution in [0.3, 0.4) is 0 Å². The molecule has 1 unspecified atom stereocenters. The second-order valence-electron chi connectivity index (χ2n) is 6.95. The molecule has 116 valence electrons. The number of hydrogen-bond acceptors (Lipinski definition) is 3. The van der Waals surface area contributed by atoms with E-state index in [2.05, 4.69) is 43.0 Å². The SMILES string of the molecule is CC(C)(C(O)c1ccc(C2CCC2)cc1)N1CCOCC1. The number of aliphatic hydroxyl groups excluding tert-OH is 1. The number of aliphatic hydroxyl groups is 1. The van der Waals surface area contributed by atoms with Crippen molar-refractivity contribution in [3.63, 3.8) is 0 Å². The second-order valence-corrected chi connectivity index (χ2v) is 6.95. The molecule has 1 atom stereocenters. The van der Waals surface area contributed by atoms with Gasteiger partial charge in [0, 0.05) is 18.6 Å². The lowest BCUT2D eigenvalue weighted by molar-refractivity contribution is -0.0630. The minimum atomic E-state index is -0.467. The summed E-state index contributed by atoms with van der Waals surface area (Å²) in [5.74, 6) is 0.753. The van der Waals surface area contributed by atoms with Gasteiger partial charge in [0.2, 0.25) is 0 Å². The van der Waals surface area contributed by atoms with Crippen molar-refractivity contribution >= 4 is 0 Å². The van der Waals surface area contributed by atoms with Crippen LogP contribution in [0.5, 0.6) is 0 Å². The highest BCUT2D eigenvalue weighted by molar-refractivity contribution is 5.29. The summed E-state index contributed by atoms with van der Waals surface area (Å²) in [5, 5.41) is 10.8. The van der Waals surface area contributed by atoms with E-state index in [-0.39, 0.29) is 5.54 Å². The first-order valence-electron chi connectivity index (χ1n) is 8.20. The van der Waals surface area contributed by atoms with E-state index in [1.807, 2.05) is 0 Å². The van der Waals surface area contributed by atoms with E-state index in [4.69, 9.17) is 4.74 Å². The summed E-state index contributed by atoms with van der Waals surface area (Å²) in [6, 6.07) is 8.64. The van der Waals surface area contributed by atoms with Crippen LogP contribution in [0.4, 0.5) is 0 Å². The predicted octanol–water partition coefficient (Wildman–Crippen LogP) is 3.10. The number of rotatable bonds is 4. The standard InChI is InChI=1S/C18H27NO2/c1-18(2,19-10-12-21-13-11-19)17(20)16-8-6-15(7-9-16)14-4-3-5-14/h6-9,14,17,20H,3-5,10-13H2,1-2H3. The fourth-order valence-corrected chi connectivity index (χ4v) is 3.41. The molecule has 1 saturated heterocycles. The summed E-state index contributed by atoms with van der Waals surface area (Å²) < 4.78 is 5.42. The Morgan fingerprint density at radius 2 is 1.76 bits per heavy atom. The molecule has 1 aromatic carbocycles. The highest BCUT2D eigenvalue weighted by Gasteiger charge is 2.36. The van der Waals surface area contributed by atoms with E-state index in [1.165, 1.54) is 24.8 Å². The van der Waals surface area contributed by atoms with Crippen molar-refractivity contribution < 1.29 is 9.84 Å². The summed E-state index contributed by atoms with van der Waals surface area (Å²) >= 11 is 0. The molecular formula is C18H27NO2. The lowest BCUT2D eigenvalue weighted by Crippen LogP contribution is -2.53. The molecule has 1 N–H and O–H groups in total. The lowest BCUT2D eigenvalue weighted by Gasteiger charge is -2.44. The van der Waals surface area contributed by atoms with Crippen molar-refractivity contribution in [1.29, 1.82) is 0 Å². The summed E-state index contributed by atoms with van der Waals surface area (Å²) in [6.07, 6.45) is 3.53. The zero-order valence-electron chi connectivity index (χ0n) is 13.2. The first-order valence-corrected chi connectivity index (χ1v) is 8.20. The first-order chi connectivity index (χ1) is 10.1. The zero-order chi connectivity index (χ0) is 14.9. The highest BCUT2D eigenvalue weighted by Crippen LogP contribution is 2.37. The molecular weight excluding hydrogens is 262 g/mol. The molecule has 0 bridgehead atoms. The number of benzene rings is 1. The molecule has 3 nitrogen and oxygen atoms in total. The van der Waals surface area contributed by atoms with Crippen LogP contribution in [0, 0.1) is 0 Å². The van der Waals surface area contributed by atoms with E-state index in [0.29, 0.717) is 0 Å². The van der Waals surface area contributed by atoms with Gasteiger partial charge < -0.3 is 9.84 Å². The Hall–Kier alpha value is -0.900. The van der Waals surface area contributed by atoms with Crippen LogP contribution in [0.2, 0.25) is 0 Å². The molecule has 2 fully saturated rings. The van der Waals surface area contributed by atoms with Gasteiger partial charge in [-0.15, -0.1) is 0 Å². The molecule has 1 saturated carbocycles. The summed E-state index contributed by atoms with van der Waals surface area (Å²) in [4.78, 5) is 2.33. The molecule has 1 aliphatic carbocycles. The van der Waals surface area contributed by atoms with Gasteiger partial charge in [-0.05, 0) is 43.7 Å². The number of hydrogen-bond donors (Lipinski definition) is 1. The molecule has 3 rings (SSSR count). The summed E-state index contributed by atoms with van der Waals surface area (Å²) in [6.45, 7) is 7.56. The zero-order valence-corrected chi connectivity index (χ0v) is 13.2. The van der Waals surface area contributed by atoms with Gasteiger partial charge in [0.25, 0.3) is 0 Å². The monoisotopic (exact) mass is 289 g/mol. The molecule has 1 aromatic rings. The van der Waals surface area contributed by atoms with Gasteiger partial charge in [-0.25, -0.2) is 0 Å². The number of ether oxygens (including phenoxy) is 1. The fourth-order valence-electron chi connectivity index (χ4n) is 3.41. The maximum Gasteiger partial charge on any atom is 0.0968 e. The Morgan fingerprint density at radius 3 is 2.29 bits per heavy atom. The van der Waals surface area contributed by atoms with E-state index >= 15 is 0 Å². The topological polar surface area (TPSA) is 32.7 Å². The van der Waals surface area contributed by atoms with Crippen molar-refractivity contribution in [2.75, 3.05) is 26.3 Å². The van der Waals surface area contributed by atoms with Crippen LogP contribution in [0.15, 0.2) is 24.3 Å². The van der Waals surface area contributed by atoms with E-state index < -0.39 is 6.10 Å². The minimum Gasteiger partial charge on any atom is -0.386 e. The van der Waals surface area contributed by atoms with Gasteiger partial charge in [0.1, 0.15) is 0 Å². The Morgan fingerprint density at radius 1 is 1.14 bits per heavy atom. The Labute approximate surface area is 127 Å². The Kier molecular flexibility index (Phi) is 4.34. The van der Waals surface area contributed by atoms with Crippen molar-refractivity contribution in [2.24, 2.45) is 0 Å². The van der Waals surface area contributed by atoms with E-state index in [9.17, 15) is 5.11 Å². The highest BCUT2D eigenvalue weighted by atomic mass is 16.5. The van der Waals surface area contributed by atoms with Crippen LogP contribution in [0.1, 0.15) is 56.3 Å². The van der Waals surface area contributed by atoms with Crippen molar-refractivity contribution in [3.8, 4) is 0 Å². The average Bonchev–Trinajstić information content (AvgIpc) is 2.46. The van der Waals surface area contributed by atoms with Crippen molar-refractivity contribution in [3.05, 3.63) is 35.4 Å². The smallest absolute Gasteiger partial charge is 0.0968 e. The van der Waals surface area contributed by atoms with Crippen molar-refractivity contribution in [1.82, 2.24) is 4.90 Å². The Bertz CT molecular complexity index is 459. The minimum absolute atomic E-state index is 0.262. The van der Waals surface area contributed by atoms with Gasteiger partial charge in [-0.3, -0.25) is 4.90 Å². The van der Waals surface area contributed by atoms with E-state index in [0.717, 1.165) is 37.8 Å². The molecule has 0 spiro atoms. The summed E-state index contributed by atoms with van der Waals surface area (Å²) in [5.41, 5.74) is 2.19. The molecule has 2 aliphatic rings. The second kappa shape index (κ2) is 6.07. The normalized spacial score (nSPS) is 22.8. The average molecular weight is 289 g/mol. The quantitative estimate of drug-likeness (QED) is 0.924. The third-order valence-electron chi connectivity index (χ3n) is 5.32. The van der Waals surface area contributed by atoms with E-state index in [1.54, 1.807) is 0 Å². The maximum atomic E-state index is 10.8. The molecule has 0 radical (unpaired) electrons. The molecule has 0 amide bonds. The summed E-state index contributed by atoms with van der Waals surface area (Å²) in [7, 11) is 0. The van der Waals surface area contributed by atoms with Gasteiger partial charge >= 0.3 is 0 Å². The predicted molar refractivity (Wildman–Crippen MR) is 84.5 cm³/mol. The third-order valence-corrected chi connectivity index (χ3v) is 5.32. The largest absolute Gasteiger partial charge is 0.386 e. The van der Waals surface area contributed by atoms with Crippen LogP contribution in [-0.2, 0) is 4.74 Å². The van der Waals surface area contributed by atoms with Crippen LogP contribution < -0.4 is 0 Å². The van der Waals surface area contributed by atoms with Crippen molar-refractivity contribution in [2.45, 2.75) is 50.7 Å². The molecule has 1 aliphatic heterocycles. The van der Waals surface area contributed by atoms with Crippen LogP contribution in [0.25, 0.3) is 0 Å². The lowest BCUT2D eigenvalue weighted by atomic mass is 9.79. The first kappa shape index (κ1) is 15.0. The third kappa shape index (κ3) is 3.01. The number of nitrogens with zero attached hydrogens (tertiary/aromatic N) is 1. The molecule has 1 heterocycles. The van der Waals surface area contributed by atoms with Gasteiger partial charge in [0.15, 0.2) is 0 Å². The Balaban J connectivity index is 1.71. The number of morpholine rings is 1. The van der Waals surface area contributed by atoms with Gasteiger partial charge in [-0.1, -0.05) is 30.7 Å². The van der Waals surface area contributed by atoms with Gasteiger partial charge in [0.05, 0.1) is 19.3 Å². The maximum absolute atomic E-state index is 10.8. The van der Waals surface area contributed by atoms with Crippen LogP contribution >= 0.6 is 0 Å². The molecule has 0 aromatic heterocycles. The fraction of sp³-hybridized carbons (Fsp3) is 0.667.